The molecule has 1 amide bonds. The smallest absolute Gasteiger partial charge is 0.282 e. The Hall–Kier alpha value is -13.4. The van der Waals surface area contributed by atoms with Gasteiger partial charge in [0.1, 0.15) is 33.6 Å². The summed E-state index contributed by atoms with van der Waals surface area (Å²) in [5.41, 5.74) is 15.0. The number of anilines is 1. The van der Waals surface area contributed by atoms with Crippen LogP contribution in [0.15, 0.2) is 207 Å². The summed E-state index contributed by atoms with van der Waals surface area (Å²) in [6, 6.07) is 49.4. The van der Waals surface area contributed by atoms with E-state index in [9.17, 15) is 27.9 Å². The van der Waals surface area contributed by atoms with Gasteiger partial charge in [0.2, 0.25) is 5.91 Å². The van der Waals surface area contributed by atoms with Crippen LogP contribution in [0.1, 0.15) is 166 Å². The van der Waals surface area contributed by atoms with E-state index in [4.69, 9.17) is 62.7 Å². The fourth-order valence-corrected chi connectivity index (χ4v) is 18.8. The van der Waals surface area contributed by atoms with Gasteiger partial charge in [-0.3, -0.25) is 38.6 Å². The van der Waals surface area contributed by atoms with Gasteiger partial charge in [0.25, 0.3) is 21.1 Å². The number of imidazole rings is 1. The Morgan fingerprint density at radius 1 is 0.609 bits per heavy atom. The number of benzene rings is 7. The lowest BCUT2D eigenvalue weighted by atomic mass is 9.71. The van der Waals surface area contributed by atoms with Crippen LogP contribution in [0.3, 0.4) is 0 Å². The fraction of sp³-hybridized carbons (Fsp3) is 0.354. The number of para-hydroxylation sites is 1. The second-order valence-corrected chi connectivity index (χ2v) is 34.2. The number of aromatic nitrogens is 9. The van der Waals surface area contributed by atoms with Crippen molar-refractivity contribution in [1.29, 1.82) is 0 Å². The summed E-state index contributed by atoms with van der Waals surface area (Å²) in [4.78, 5) is 70.4. The minimum atomic E-state index is -3.66. The molecule has 6 aliphatic rings. The SMILES string of the molecule is CCOc1cnccc1-c1nc2c(c(CC)nn2C2CCCC2)c(=O)[nH]1.COc1cc2c(cc1OC)[C@@H]1CC(C)CC[C@@H]1N=C2c1ccc(NS(=O)(=O)c2ccc(C)cc2)cc1.COc1ccc(C2=N[C@H](CO)Cc3cc(OC)c(OC)cc32)cc1OC.COc1ccc(C2CNC(=O)C2)cc1OC1CCCC1.O=c1c2[nH]cnc2c2cccnc2n1-c1ccccc1. The lowest BCUT2D eigenvalue weighted by Gasteiger charge is -2.38. The molecule has 28 nitrogen and oxygen atoms in total. The van der Waals surface area contributed by atoms with Crippen molar-refractivity contribution in [2.24, 2.45) is 15.9 Å². The Kier molecular flexibility index (Phi) is 28.3. The Balaban J connectivity index is 0.000000125. The summed E-state index contributed by atoms with van der Waals surface area (Å²) in [6.45, 7) is 9.38. The van der Waals surface area contributed by atoms with Crippen molar-refractivity contribution < 1.29 is 61.0 Å². The minimum absolute atomic E-state index is 0.0232. The van der Waals surface area contributed by atoms with E-state index in [2.05, 4.69) is 47.9 Å². The zero-order valence-corrected chi connectivity index (χ0v) is 74.8. The highest BCUT2D eigenvalue weighted by Crippen LogP contribution is 2.47. The van der Waals surface area contributed by atoms with Crippen molar-refractivity contribution in [3.8, 4) is 68.8 Å². The normalized spacial score (nSPS) is 17.5. The molecule has 0 radical (unpaired) electrons. The van der Waals surface area contributed by atoms with Crippen LogP contribution in [-0.4, -0.2) is 163 Å². The lowest BCUT2D eigenvalue weighted by molar-refractivity contribution is -0.119. The maximum atomic E-state index is 12.8. The molecule has 3 aliphatic carbocycles. The molecule has 0 bridgehead atoms. The number of aromatic amines is 2. The third-order valence-electron chi connectivity index (χ3n) is 24.4. The van der Waals surface area contributed by atoms with Gasteiger partial charge in [0, 0.05) is 70.5 Å². The number of H-pyrrole nitrogens is 2. The number of carbonyl (C=O) groups is 1. The number of aliphatic hydroxyl groups is 1. The number of amides is 1. The van der Waals surface area contributed by atoms with Gasteiger partial charge in [-0.2, -0.15) is 5.10 Å². The highest BCUT2D eigenvalue weighted by atomic mass is 32.2. The van der Waals surface area contributed by atoms with E-state index in [1.165, 1.54) is 44.0 Å². The number of hydrogen-bond acceptors (Lipinski definition) is 22. The van der Waals surface area contributed by atoms with Gasteiger partial charge in [-0.15, -0.1) is 0 Å². The number of aliphatic hydroxyl groups excluding tert-OH is 1. The van der Waals surface area contributed by atoms with Gasteiger partial charge in [-0.25, -0.2) is 28.1 Å². The third-order valence-corrected chi connectivity index (χ3v) is 25.8. The molecule has 128 heavy (non-hydrogen) atoms. The predicted molar refractivity (Wildman–Crippen MR) is 495 cm³/mol. The highest BCUT2D eigenvalue weighted by Gasteiger charge is 2.38. The number of hydrogen-bond donors (Lipinski definition) is 5. The van der Waals surface area contributed by atoms with E-state index in [1.807, 2.05) is 141 Å². The van der Waals surface area contributed by atoms with E-state index in [1.54, 1.807) is 109 Å². The Labute approximate surface area is 743 Å². The first-order valence-corrected chi connectivity index (χ1v) is 45.0. The van der Waals surface area contributed by atoms with Crippen molar-refractivity contribution in [2.45, 2.75) is 159 Å². The van der Waals surface area contributed by atoms with Crippen LogP contribution in [0, 0.1) is 12.8 Å². The second kappa shape index (κ2) is 40.5. The van der Waals surface area contributed by atoms with Crippen LogP contribution in [0.4, 0.5) is 5.69 Å². The second-order valence-electron chi connectivity index (χ2n) is 32.5. The summed E-state index contributed by atoms with van der Waals surface area (Å²) >= 11 is 0. The third kappa shape index (κ3) is 19.4. The first-order valence-electron chi connectivity index (χ1n) is 43.6. The first kappa shape index (κ1) is 89.4. The zero-order valence-electron chi connectivity index (χ0n) is 74.0. The number of nitrogens with one attached hydrogen (secondary N) is 4. The van der Waals surface area contributed by atoms with E-state index < -0.39 is 10.0 Å². The van der Waals surface area contributed by atoms with Crippen LogP contribution < -0.4 is 63.8 Å². The van der Waals surface area contributed by atoms with E-state index >= 15 is 0 Å². The average Bonchev–Trinajstić information content (AvgIpc) is 1.72. The minimum Gasteiger partial charge on any atom is -0.493 e. The average molecular weight is 1750 g/mol. The summed E-state index contributed by atoms with van der Waals surface area (Å²) in [5, 5.41) is 18.8. The highest BCUT2D eigenvalue weighted by molar-refractivity contribution is 7.92. The number of nitrogens with zero attached hydrogens (tertiary/aromatic N) is 9. The first-order chi connectivity index (χ1) is 62.3. The number of sulfonamides is 1. The molecule has 1 saturated heterocycles. The number of pyridine rings is 3. The molecule has 3 saturated carbocycles. The number of fused-ring (bicyclic) bond motifs is 8. The largest absolute Gasteiger partial charge is 0.493 e. The maximum Gasteiger partial charge on any atom is 0.282 e. The molecule has 29 heteroatoms. The lowest BCUT2D eigenvalue weighted by Crippen LogP contribution is -2.32. The number of ether oxygens (including phenoxy) is 9. The van der Waals surface area contributed by atoms with Gasteiger partial charge in [0.05, 0.1) is 133 Å². The standard InChI is InChI=1S/C29H32N2O4S.C20H23NO5.C19H23N5O2.C16H21NO3.C15H10N4O/c1-18-5-12-22(13-6-18)36(32,33)31-21-10-8-20(9-11-21)29-25-17-28(35-4)27(34-3)16-23(25)24-15-19(2)7-14-26(24)30-29;1-23-16-6-5-12(8-17(16)24-2)20-15-10-19(26-4)18(25-3)9-13(15)7-14(11-22)21-20;1-3-14-16-18(24(23-14)12-7-5-6-8-12)21-17(22-19(16)25)13-9-10-20-11-15(13)26-4-2;1-19-14-7-6-11(12-9-16(18)17-10-12)8-15(14)20-13-4-2-3-5-13;20-15-13-12(17-9-18-13)11-7-4-8-16-14(11)19(15)10-5-2-1-3-6-10/h5-6,8-13,16-17,19,24,26,31H,7,14-15H2,1-4H3;5-6,8-10,14,22H,7,11H2,1-4H3;9-12H,3-8H2,1-2H3,(H,21,22,25);6-8,12-13H,2-5,9-10H2,1H3,(H,17,18);1-9H,(H,17,18)/t19?,24-,26-;14-;;;/m00.../s1. The summed E-state index contributed by atoms with van der Waals surface area (Å²) in [7, 11) is 7.73. The Bertz CT molecular complexity index is 6440. The van der Waals surface area contributed by atoms with Crippen molar-refractivity contribution in [2.75, 3.05) is 74.2 Å². The van der Waals surface area contributed by atoms with E-state index in [0.717, 1.165) is 128 Å². The van der Waals surface area contributed by atoms with Gasteiger partial charge in [-0.05, 0) is 216 Å². The molecule has 7 aromatic carbocycles. The molecule has 6 aromatic heterocycles. The molecule has 5 atom stereocenters. The van der Waals surface area contributed by atoms with Crippen LogP contribution in [0.25, 0.3) is 50.2 Å². The number of aryl methyl sites for hydroxylation is 2. The maximum absolute atomic E-state index is 12.8. The monoisotopic (exact) mass is 1750 g/mol. The van der Waals surface area contributed by atoms with Gasteiger partial charge >= 0.3 is 0 Å². The van der Waals surface area contributed by atoms with E-state index in [0.29, 0.717) is 130 Å². The topological polar surface area (TPSA) is 343 Å². The van der Waals surface area contributed by atoms with Crippen molar-refractivity contribution >= 4 is 66.1 Å². The quantitative estimate of drug-likeness (QED) is 0.0421. The van der Waals surface area contributed by atoms with Gasteiger partial charge in [-0.1, -0.05) is 80.8 Å². The molecular formula is C99H109N13O15S. The Morgan fingerprint density at radius 3 is 1.96 bits per heavy atom. The summed E-state index contributed by atoms with van der Waals surface area (Å²) in [5.74, 6) is 8.08. The molecule has 4 fully saturated rings. The number of carbonyl (C=O) groups excluding carboxylic acids is 1. The zero-order chi connectivity index (χ0) is 89.7. The number of aliphatic imine (C=N–C) groups is 2. The van der Waals surface area contributed by atoms with Gasteiger partial charge < -0.3 is 63.0 Å². The summed E-state index contributed by atoms with van der Waals surface area (Å²) < 4.78 is 81.9. The molecule has 19 rings (SSSR count). The molecule has 0 spiro atoms. The number of rotatable bonds is 22. The fourth-order valence-electron chi connectivity index (χ4n) is 17.8. The Morgan fingerprint density at radius 2 is 1.27 bits per heavy atom. The number of methoxy groups -OCH3 is 7. The molecule has 666 valence electrons. The van der Waals surface area contributed by atoms with Crippen molar-refractivity contribution in [1.82, 2.24) is 49.6 Å². The molecular weight excluding hydrogens is 1640 g/mol. The van der Waals surface area contributed by atoms with Crippen LogP contribution in [0.5, 0.6) is 51.7 Å². The van der Waals surface area contributed by atoms with Crippen LogP contribution >= 0.6 is 0 Å². The molecule has 5 N–H and O–H groups in total. The molecule has 13 aromatic rings. The van der Waals surface area contributed by atoms with Crippen LogP contribution in [0.2, 0.25) is 0 Å². The molecule has 9 heterocycles. The van der Waals surface area contributed by atoms with Crippen molar-refractivity contribution in [3.63, 3.8) is 0 Å². The molecule has 3 aliphatic heterocycles. The summed E-state index contributed by atoms with van der Waals surface area (Å²) in [6.07, 6.45) is 21.4. The van der Waals surface area contributed by atoms with Crippen LogP contribution in [-0.2, 0) is 27.7 Å². The van der Waals surface area contributed by atoms with E-state index in [-0.39, 0.29) is 46.5 Å². The predicted octanol–water partition coefficient (Wildman–Crippen LogP) is 16.6. The van der Waals surface area contributed by atoms with Crippen molar-refractivity contribution in [3.05, 3.63) is 254 Å². The molecule has 2 unspecified atom stereocenters. The van der Waals surface area contributed by atoms with Gasteiger partial charge in [0.15, 0.2) is 51.6 Å².